The Morgan fingerprint density at radius 3 is 2.70 bits per heavy atom. The molecule has 0 fully saturated rings. The molecule has 1 atom stereocenters. The van der Waals surface area contributed by atoms with Crippen LogP contribution in [0.4, 0.5) is 0 Å². The van der Waals surface area contributed by atoms with Crippen molar-refractivity contribution in [3.8, 4) is 11.5 Å². The van der Waals surface area contributed by atoms with Gasteiger partial charge in [0.25, 0.3) is 0 Å². The van der Waals surface area contributed by atoms with Gasteiger partial charge < -0.3 is 29.7 Å². The average molecular weight is 285 g/mol. The first-order valence-corrected chi connectivity index (χ1v) is 6.49. The Bertz CT molecular complexity index is 386. The summed E-state index contributed by atoms with van der Waals surface area (Å²) in [4.78, 5) is 0. The lowest BCUT2D eigenvalue weighted by molar-refractivity contribution is 0.0527. The molecule has 6 nitrogen and oxygen atoms in total. The molecule has 0 aliphatic rings. The molecular formula is C14H23NO5. The standard InChI is InChI=1S/C14H23NO5/c1-18-6-5-15-8-11-3-4-13(14(7-11)19-2)20-10-12(17)9-16/h3-4,7,12,15-17H,5-6,8-10H2,1-2H3. The van der Waals surface area contributed by atoms with Gasteiger partial charge in [0.2, 0.25) is 0 Å². The van der Waals surface area contributed by atoms with Crippen molar-refractivity contribution in [1.29, 1.82) is 0 Å². The fraction of sp³-hybridized carbons (Fsp3) is 0.571. The van der Waals surface area contributed by atoms with Gasteiger partial charge in [-0.1, -0.05) is 6.07 Å². The topological polar surface area (TPSA) is 80.2 Å². The zero-order chi connectivity index (χ0) is 14.8. The van der Waals surface area contributed by atoms with Crippen molar-refractivity contribution in [2.24, 2.45) is 0 Å². The zero-order valence-corrected chi connectivity index (χ0v) is 12.0. The van der Waals surface area contributed by atoms with Crippen molar-refractivity contribution in [2.75, 3.05) is 40.6 Å². The summed E-state index contributed by atoms with van der Waals surface area (Å²) in [6.07, 6.45) is -0.893. The molecule has 0 amide bonds. The predicted octanol–water partition coefficient (Wildman–Crippen LogP) is 0.163. The van der Waals surface area contributed by atoms with Crippen molar-refractivity contribution < 1.29 is 24.4 Å². The fourth-order valence-corrected chi connectivity index (χ4v) is 1.59. The fourth-order valence-electron chi connectivity index (χ4n) is 1.59. The van der Waals surface area contributed by atoms with Crippen LogP contribution in [0.1, 0.15) is 5.56 Å². The van der Waals surface area contributed by atoms with Gasteiger partial charge >= 0.3 is 0 Å². The van der Waals surface area contributed by atoms with Crippen LogP contribution in [-0.2, 0) is 11.3 Å². The third-order valence-corrected chi connectivity index (χ3v) is 2.68. The molecule has 0 saturated carbocycles. The third-order valence-electron chi connectivity index (χ3n) is 2.68. The van der Waals surface area contributed by atoms with E-state index in [1.54, 1.807) is 20.3 Å². The van der Waals surface area contributed by atoms with Crippen LogP contribution in [0.2, 0.25) is 0 Å². The van der Waals surface area contributed by atoms with Gasteiger partial charge in [0.1, 0.15) is 12.7 Å². The monoisotopic (exact) mass is 285 g/mol. The van der Waals surface area contributed by atoms with Crippen LogP contribution < -0.4 is 14.8 Å². The van der Waals surface area contributed by atoms with Gasteiger partial charge in [-0.3, -0.25) is 0 Å². The highest BCUT2D eigenvalue weighted by Crippen LogP contribution is 2.28. The number of methoxy groups -OCH3 is 2. The van der Waals surface area contributed by atoms with Gasteiger partial charge in [0, 0.05) is 20.2 Å². The van der Waals surface area contributed by atoms with Gasteiger partial charge in [-0.25, -0.2) is 0 Å². The molecule has 114 valence electrons. The Labute approximate surface area is 119 Å². The highest BCUT2D eigenvalue weighted by atomic mass is 16.5. The summed E-state index contributed by atoms with van der Waals surface area (Å²) in [6.45, 7) is 1.85. The Morgan fingerprint density at radius 1 is 1.25 bits per heavy atom. The van der Waals surface area contributed by atoms with Gasteiger partial charge in [-0.15, -0.1) is 0 Å². The zero-order valence-electron chi connectivity index (χ0n) is 12.0. The van der Waals surface area contributed by atoms with Crippen LogP contribution in [0.3, 0.4) is 0 Å². The molecule has 0 spiro atoms. The van der Waals surface area contributed by atoms with Crippen LogP contribution >= 0.6 is 0 Å². The SMILES string of the molecule is COCCNCc1ccc(OCC(O)CO)c(OC)c1. The van der Waals surface area contributed by atoms with Gasteiger partial charge in [-0.05, 0) is 17.7 Å². The molecule has 0 aliphatic carbocycles. The summed E-state index contributed by atoms with van der Waals surface area (Å²) in [5.74, 6) is 1.14. The van der Waals surface area contributed by atoms with Crippen molar-refractivity contribution >= 4 is 0 Å². The number of hydrogen-bond acceptors (Lipinski definition) is 6. The van der Waals surface area contributed by atoms with E-state index in [-0.39, 0.29) is 13.2 Å². The van der Waals surface area contributed by atoms with E-state index < -0.39 is 6.10 Å². The summed E-state index contributed by atoms with van der Waals surface area (Å²) < 4.78 is 15.6. The molecule has 0 heterocycles. The summed E-state index contributed by atoms with van der Waals surface area (Å²) >= 11 is 0. The molecule has 1 aromatic carbocycles. The maximum Gasteiger partial charge on any atom is 0.161 e. The highest BCUT2D eigenvalue weighted by Gasteiger charge is 2.08. The lowest BCUT2D eigenvalue weighted by Gasteiger charge is -2.14. The number of aliphatic hydroxyl groups is 2. The van der Waals surface area contributed by atoms with Gasteiger partial charge in [0.05, 0.1) is 20.3 Å². The van der Waals surface area contributed by atoms with Crippen molar-refractivity contribution in [3.05, 3.63) is 23.8 Å². The maximum atomic E-state index is 9.27. The molecule has 1 rings (SSSR count). The summed E-state index contributed by atoms with van der Waals surface area (Å²) in [5, 5.41) is 21.2. The second-order valence-corrected chi connectivity index (χ2v) is 4.30. The van der Waals surface area contributed by atoms with Crippen molar-refractivity contribution in [3.63, 3.8) is 0 Å². The number of benzene rings is 1. The average Bonchev–Trinajstić information content (AvgIpc) is 2.49. The van der Waals surface area contributed by atoms with E-state index in [1.807, 2.05) is 12.1 Å². The molecule has 6 heteroatoms. The Kier molecular flexibility index (Phi) is 7.98. The van der Waals surface area contributed by atoms with Gasteiger partial charge in [0.15, 0.2) is 11.5 Å². The Balaban J connectivity index is 2.56. The molecule has 0 aromatic heterocycles. The van der Waals surface area contributed by atoms with Crippen molar-refractivity contribution in [1.82, 2.24) is 5.32 Å². The van der Waals surface area contributed by atoms with E-state index in [0.29, 0.717) is 24.7 Å². The van der Waals surface area contributed by atoms with Crippen LogP contribution in [0.5, 0.6) is 11.5 Å². The van der Waals surface area contributed by atoms with Crippen molar-refractivity contribution in [2.45, 2.75) is 12.6 Å². The van der Waals surface area contributed by atoms with E-state index in [2.05, 4.69) is 5.32 Å². The Morgan fingerprint density at radius 2 is 2.05 bits per heavy atom. The van der Waals surface area contributed by atoms with E-state index in [0.717, 1.165) is 12.1 Å². The quantitative estimate of drug-likeness (QED) is 0.532. The first-order valence-electron chi connectivity index (χ1n) is 6.49. The number of aliphatic hydroxyl groups excluding tert-OH is 2. The van der Waals surface area contributed by atoms with E-state index >= 15 is 0 Å². The molecule has 0 radical (unpaired) electrons. The number of nitrogens with one attached hydrogen (secondary N) is 1. The predicted molar refractivity (Wildman–Crippen MR) is 75.2 cm³/mol. The summed E-state index contributed by atoms with van der Waals surface area (Å²) in [7, 11) is 3.23. The summed E-state index contributed by atoms with van der Waals surface area (Å²) in [5.41, 5.74) is 1.06. The van der Waals surface area contributed by atoms with Crippen LogP contribution in [0, 0.1) is 0 Å². The minimum Gasteiger partial charge on any atom is -0.493 e. The van der Waals surface area contributed by atoms with E-state index in [1.165, 1.54) is 0 Å². The minimum atomic E-state index is -0.893. The Hall–Kier alpha value is -1.34. The lowest BCUT2D eigenvalue weighted by Crippen LogP contribution is -2.21. The first kappa shape index (κ1) is 16.7. The smallest absolute Gasteiger partial charge is 0.161 e. The first-order chi connectivity index (χ1) is 9.71. The second kappa shape index (κ2) is 9.55. The molecule has 1 aromatic rings. The normalized spacial score (nSPS) is 12.2. The molecule has 20 heavy (non-hydrogen) atoms. The van der Waals surface area contributed by atoms with Crippen LogP contribution in [-0.4, -0.2) is 56.9 Å². The lowest BCUT2D eigenvalue weighted by atomic mass is 10.2. The number of ether oxygens (including phenoxy) is 3. The van der Waals surface area contributed by atoms with E-state index in [9.17, 15) is 5.11 Å². The minimum absolute atomic E-state index is 0.0261. The summed E-state index contributed by atoms with van der Waals surface area (Å²) in [6, 6.07) is 5.58. The largest absolute Gasteiger partial charge is 0.493 e. The third kappa shape index (κ3) is 5.75. The highest BCUT2D eigenvalue weighted by molar-refractivity contribution is 5.42. The second-order valence-electron chi connectivity index (χ2n) is 4.30. The molecule has 3 N–H and O–H groups in total. The van der Waals surface area contributed by atoms with E-state index in [4.69, 9.17) is 19.3 Å². The molecular weight excluding hydrogens is 262 g/mol. The number of rotatable bonds is 10. The van der Waals surface area contributed by atoms with Gasteiger partial charge in [-0.2, -0.15) is 0 Å². The molecule has 0 bridgehead atoms. The number of hydrogen-bond donors (Lipinski definition) is 3. The van der Waals surface area contributed by atoms with Crippen LogP contribution in [0.25, 0.3) is 0 Å². The molecule has 0 saturated heterocycles. The van der Waals surface area contributed by atoms with Crippen LogP contribution in [0.15, 0.2) is 18.2 Å². The molecule has 1 unspecified atom stereocenters. The maximum absolute atomic E-state index is 9.27. The molecule has 0 aliphatic heterocycles.